The Morgan fingerprint density at radius 1 is 1.44 bits per heavy atom. The molecule has 0 aliphatic carbocycles. The van der Waals surface area contributed by atoms with Crippen molar-refractivity contribution in [3.8, 4) is 5.75 Å². The zero-order chi connectivity index (χ0) is 11.9. The highest BCUT2D eigenvalue weighted by Crippen LogP contribution is 2.28. The highest BCUT2D eigenvalue weighted by molar-refractivity contribution is 5.80. The molecule has 16 heavy (non-hydrogen) atoms. The number of hydrogen-bond donors (Lipinski definition) is 1. The highest BCUT2D eigenvalue weighted by Gasteiger charge is 2.14. The van der Waals surface area contributed by atoms with Crippen LogP contribution in [0, 0.1) is 5.82 Å². The summed E-state index contributed by atoms with van der Waals surface area (Å²) in [5, 5.41) is 0. The third-order valence-electron chi connectivity index (χ3n) is 2.51. The van der Waals surface area contributed by atoms with Crippen molar-refractivity contribution in [3.63, 3.8) is 0 Å². The van der Waals surface area contributed by atoms with E-state index in [1.807, 2.05) is 18.4 Å². The first-order valence-corrected chi connectivity index (χ1v) is 5.05. The molecule has 2 aromatic rings. The summed E-state index contributed by atoms with van der Waals surface area (Å²) in [6.45, 7) is 3.99. The number of aromatic nitrogens is 2. The highest BCUT2D eigenvalue weighted by atomic mass is 19.1. The molecule has 4 nitrogen and oxygen atoms in total. The van der Waals surface area contributed by atoms with Crippen LogP contribution in [0.3, 0.4) is 0 Å². The fourth-order valence-corrected chi connectivity index (χ4v) is 1.81. The number of rotatable bonds is 2. The average molecular weight is 223 g/mol. The van der Waals surface area contributed by atoms with Gasteiger partial charge in [-0.25, -0.2) is 9.37 Å². The Hall–Kier alpha value is -1.78. The van der Waals surface area contributed by atoms with E-state index < -0.39 is 5.82 Å². The Bertz CT molecular complexity index is 533. The lowest BCUT2D eigenvalue weighted by molar-refractivity contribution is 0.387. The summed E-state index contributed by atoms with van der Waals surface area (Å²) in [6.07, 6.45) is 0. The Balaban J connectivity index is 2.77. The summed E-state index contributed by atoms with van der Waals surface area (Å²) in [4.78, 5) is 4.12. The van der Waals surface area contributed by atoms with Gasteiger partial charge in [0.15, 0.2) is 11.6 Å². The molecule has 0 saturated heterocycles. The molecule has 0 radical (unpaired) electrons. The molecule has 0 amide bonds. The maximum atomic E-state index is 13.4. The maximum absolute atomic E-state index is 13.4. The lowest BCUT2D eigenvalue weighted by Gasteiger charge is -2.10. The molecule has 1 aromatic carbocycles. The Kier molecular flexibility index (Phi) is 2.46. The molecule has 1 aromatic heterocycles. The zero-order valence-electron chi connectivity index (χ0n) is 9.49. The summed E-state index contributed by atoms with van der Waals surface area (Å²) in [5.74, 6) is 0.162. The SMILES string of the molecule is COc1cc2c(cc1F)nc(N)n2C(C)C. The van der Waals surface area contributed by atoms with Gasteiger partial charge in [0, 0.05) is 18.2 Å². The van der Waals surface area contributed by atoms with Gasteiger partial charge in [-0.05, 0) is 13.8 Å². The molecule has 2 rings (SSSR count). The summed E-state index contributed by atoms with van der Waals surface area (Å²) in [7, 11) is 1.43. The fourth-order valence-electron chi connectivity index (χ4n) is 1.81. The van der Waals surface area contributed by atoms with Crippen LogP contribution in [0.25, 0.3) is 11.0 Å². The van der Waals surface area contributed by atoms with Gasteiger partial charge in [-0.15, -0.1) is 0 Å². The van der Waals surface area contributed by atoms with Crippen LogP contribution in [0.5, 0.6) is 5.75 Å². The van der Waals surface area contributed by atoms with Crippen LogP contribution < -0.4 is 10.5 Å². The number of ether oxygens (including phenoxy) is 1. The van der Waals surface area contributed by atoms with Crippen molar-refractivity contribution < 1.29 is 9.13 Å². The average Bonchev–Trinajstić information content (AvgIpc) is 2.51. The van der Waals surface area contributed by atoms with Gasteiger partial charge in [-0.3, -0.25) is 0 Å². The summed E-state index contributed by atoms with van der Waals surface area (Å²) in [5.41, 5.74) is 7.11. The number of hydrogen-bond acceptors (Lipinski definition) is 3. The van der Waals surface area contributed by atoms with E-state index in [0.29, 0.717) is 11.5 Å². The smallest absolute Gasteiger partial charge is 0.201 e. The summed E-state index contributed by atoms with van der Waals surface area (Å²) < 4.78 is 20.2. The summed E-state index contributed by atoms with van der Waals surface area (Å²) in [6, 6.07) is 3.12. The zero-order valence-corrected chi connectivity index (χ0v) is 9.49. The number of nitrogen functional groups attached to an aromatic ring is 1. The van der Waals surface area contributed by atoms with Crippen molar-refractivity contribution in [2.75, 3.05) is 12.8 Å². The fraction of sp³-hybridized carbons (Fsp3) is 0.364. The molecule has 0 saturated carbocycles. The molecule has 5 heteroatoms. The molecule has 1 heterocycles. The number of nitrogens with zero attached hydrogens (tertiary/aromatic N) is 2. The Morgan fingerprint density at radius 2 is 2.12 bits per heavy atom. The lowest BCUT2D eigenvalue weighted by Crippen LogP contribution is -2.05. The van der Waals surface area contributed by atoms with Crippen LogP contribution >= 0.6 is 0 Å². The third-order valence-corrected chi connectivity index (χ3v) is 2.51. The molecular weight excluding hydrogens is 209 g/mol. The van der Waals surface area contributed by atoms with Gasteiger partial charge in [0.05, 0.1) is 18.1 Å². The van der Waals surface area contributed by atoms with Crippen LogP contribution in [0.2, 0.25) is 0 Å². The van der Waals surface area contributed by atoms with Gasteiger partial charge >= 0.3 is 0 Å². The van der Waals surface area contributed by atoms with Crippen molar-refractivity contribution in [2.24, 2.45) is 0 Å². The number of benzene rings is 1. The van der Waals surface area contributed by atoms with Crippen LogP contribution in [0.4, 0.5) is 10.3 Å². The number of anilines is 1. The summed E-state index contributed by atoms with van der Waals surface area (Å²) >= 11 is 0. The van der Waals surface area contributed by atoms with Crippen LogP contribution in [0.1, 0.15) is 19.9 Å². The molecule has 0 fully saturated rings. The van der Waals surface area contributed by atoms with Gasteiger partial charge < -0.3 is 15.0 Å². The van der Waals surface area contributed by atoms with Crippen LogP contribution in [-0.2, 0) is 0 Å². The van der Waals surface area contributed by atoms with Gasteiger partial charge in [0.2, 0.25) is 5.95 Å². The van der Waals surface area contributed by atoms with E-state index in [2.05, 4.69) is 4.98 Å². The van der Waals surface area contributed by atoms with E-state index >= 15 is 0 Å². The van der Waals surface area contributed by atoms with E-state index in [4.69, 9.17) is 10.5 Å². The first-order chi connectivity index (χ1) is 7.54. The predicted molar refractivity (Wildman–Crippen MR) is 61.0 cm³/mol. The van der Waals surface area contributed by atoms with Crippen LogP contribution in [-0.4, -0.2) is 16.7 Å². The first kappa shape index (κ1) is 10.7. The first-order valence-electron chi connectivity index (χ1n) is 5.05. The number of nitrogens with two attached hydrogens (primary N) is 1. The molecule has 0 atom stereocenters. The Labute approximate surface area is 92.8 Å². The normalized spacial score (nSPS) is 11.3. The van der Waals surface area contributed by atoms with Crippen molar-refractivity contribution in [1.82, 2.24) is 9.55 Å². The maximum Gasteiger partial charge on any atom is 0.201 e. The van der Waals surface area contributed by atoms with Crippen molar-refractivity contribution >= 4 is 17.0 Å². The molecule has 0 unspecified atom stereocenters. The molecule has 0 bridgehead atoms. The van der Waals surface area contributed by atoms with E-state index in [9.17, 15) is 4.39 Å². The molecule has 0 aliphatic heterocycles. The van der Waals surface area contributed by atoms with E-state index in [1.165, 1.54) is 13.2 Å². The second kappa shape index (κ2) is 3.66. The quantitative estimate of drug-likeness (QED) is 0.850. The van der Waals surface area contributed by atoms with Crippen molar-refractivity contribution in [2.45, 2.75) is 19.9 Å². The van der Waals surface area contributed by atoms with Gasteiger partial charge in [-0.2, -0.15) is 0 Å². The lowest BCUT2D eigenvalue weighted by atomic mass is 10.2. The monoisotopic (exact) mass is 223 g/mol. The third kappa shape index (κ3) is 1.48. The number of methoxy groups -OCH3 is 1. The minimum atomic E-state index is -0.427. The number of imidazole rings is 1. The minimum absolute atomic E-state index is 0.167. The molecule has 0 aliphatic rings. The van der Waals surface area contributed by atoms with E-state index in [1.54, 1.807) is 6.07 Å². The molecule has 2 N–H and O–H groups in total. The van der Waals surface area contributed by atoms with Crippen molar-refractivity contribution in [3.05, 3.63) is 17.9 Å². The largest absolute Gasteiger partial charge is 0.494 e. The van der Waals surface area contributed by atoms with Gasteiger partial charge in [0.1, 0.15) is 0 Å². The standard InChI is InChI=1S/C11H14FN3O/c1-6(2)15-9-5-10(16-3)7(12)4-8(9)14-11(15)13/h4-6H,1-3H3,(H2,13,14). The minimum Gasteiger partial charge on any atom is -0.494 e. The van der Waals surface area contributed by atoms with Gasteiger partial charge in [0.25, 0.3) is 0 Å². The Morgan fingerprint density at radius 3 is 2.69 bits per heavy atom. The van der Waals surface area contributed by atoms with Crippen LogP contribution in [0.15, 0.2) is 12.1 Å². The van der Waals surface area contributed by atoms with E-state index in [-0.39, 0.29) is 11.8 Å². The molecule has 86 valence electrons. The number of fused-ring (bicyclic) bond motifs is 1. The molecule has 0 spiro atoms. The predicted octanol–water partition coefficient (Wildman–Crippen LogP) is 2.35. The van der Waals surface area contributed by atoms with E-state index in [0.717, 1.165) is 5.52 Å². The topological polar surface area (TPSA) is 53.1 Å². The van der Waals surface area contributed by atoms with Crippen molar-refractivity contribution in [1.29, 1.82) is 0 Å². The van der Waals surface area contributed by atoms with Gasteiger partial charge in [-0.1, -0.05) is 0 Å². The second-order valence-corrected chi connectivity index (χ2v) is 3.91. The molecular formula is C11H14FN3O. The number of halogens is 1. The second-order valence-electron chi connectivity index (χ2n) is 3.91.